The Morgan fingerprint density at radius 3 is 2.46 bits per heavy atom. The van der Waals surface area contributed by atoms with Crippen molar-refractivity contribution in [1.82, 2.24) is 10.2 Å². The molecule has 0 aromatic heterocycles. The van der Waals surface area contributed by atoms with Gasteiger partial charge in [-0.15, -0.1) is 0 Å². The summed E-state index contributed by atoms with van der Waals surface area (Å²) in [4.78, 5) is 23.6. The average Bonchev–Trinajstić information content (AvgIpc) is 2.00. The zero-order valence-corrected chi connectivity index (χ0v) is 7.78. The third-order valence-corrected chi connectivity index (χ3v) is 2.17. The number of carbonyl (C=O) groups excluding carboxylic acids is 2. The number of nitrogens with zero attached hydrogens (tertiary/aromatic N) is 1. The number of hydrogen-bond acceptors (Lipinski definition) is 3. The van der Waals surface area contributed by atoms with Crippen molar-refractivity contribution in [2.24, 2.45) is 5.92 Å². The molecule has 0 aromatic carbocycles. The molecule has 1 aliphatic rings. The average molecular weight is 186 g/mol. The van der Waals surface area contributed by atoms with E-state index in [1.165, 1.54) is 11.8 Å². The van der Waals surface area contributed by atoms with Gasteiger partial charge < -0.3 is 15.3 Å². The molecule has 74 valence electrons. The number of nitrogens with one attached hydrogen (secondary N) is 1. The first-order valence-electron chi connectivity index (χ1n) is 4.24. The molecule has 2 amide bonds. The lowest BCUT2D eigenvalue weighted by Gasteiger charge is -2.38. The van der Waals surface area contributed by atoms with Gasteiger partial charge in [-0.25, -0.2) is 0 Å². The minimum Gasteiger partial charge on any atom is -0.384 e. The molecule has 1 atom stereocenters. The monoisotopic (exact) mass is 186 g/mol. The Kier molecular flexibility index (Phi) is 2.87. The van der Waals surface area contributed by atoms with Crippen molar-refractivity contribution in [2.75, 3.05) is 20.1 Å². The smallest absolute Gasteiger partial charge is 0.251 e. The first-order valence-corrected chi connectivity index (χ1v) is 4.24. The third kappa shape index (κ3) is 1.98. The van der Waals surface area contributed by atoms with E-state index in [4.69, 9.17) is 5.11 Å². The lowest BCUT2D eigenvalue weighted by molar-refractivity contribution is -0.149. The van der Waals surface area contributed by atoms with E-state index < -0.39 is 6.10 Å². The van der Waals surface area contributed by atoms with E-state index in [2.05, 4.69) is 5.32 Å². The Morgan fingerprint density at radius 2 is 2.08 bits per heavy atom. The number of hydrogen-bond donors (Lipinski definition) is 2. The number of carbonyl (C=O) groups is 2. The molecule has 0 spiro atoms. The second-order valence-electron chi connectivity index (χ2n) is 3.23. The fraction of sp³-hybridized carbons (Fsp3) is 0.750. The summed E-state index contributed by atoms with van der Waals surface area (Å²) in [5, 5.41) is 11.5. The molecule has 1 fully saturated rings. The third-order valence-electron chi connectivity index (χ3n) is 2.17. The molecule has 0 aromatic rings. The van der Waals surface area contributed by atoms with Gasteiger partial charge in [0.05, 0.1) is 5.92 Å². The molecular formula is C8H14N2O3. The normalized spacial score (nSPS) is 19.2. The Balaban J connectivity index is 2.33. The zero-order valence-electron chi connectivity index (χ0n) is 7.78. The lowest BCUT2D eigenvalue weighted by Crippen LogP contribution is -2.57. The summed E-state index contributed by atoms with van der Waals surface area (Å²) in [6, 6.07) is 0. The van der Waals surface area contributed by atoms with Gasteiger partial charge in [-0.2, -0.15) is 0 Å². The van der Waals surface area contributed by atoms with Crippen LogP contribution in [0.4, 0.5) is 0 Å². The fourth-order valence-corrected chi connectivity index (χ4v) is 1.29. The zero-order chi connectivity index (χ0) is 10.0. The highest BCUT2D eigenvalue weighted by Gasteiger charge is 2.36. The number of likely N-dealkylation sites (tertiary alicyclic amines) is 1. The fourth-order valence-electron chi connectivity index (χ4n) is 1.29. The molecule has 0 unspecified atom stereocenters. The van der Waals surface area contributed by atoms with Gasteiger partial charge in [0.15, 0.2) is 0 Å². The first-order chi connectivity index (χ1) is 6.06. The van der Waals surface area contributed by atoms with Gasteiger partial charge in [0, 0.05) is 20.1 Å². The van der Waals surface area contributed by atoms with Crippen LogP contribution in [0.5, 0.6) is 0 Å². The van der Waals surface area contributed by atoms with Gasteiger partial charge in [-0.1, -0.05) is 0 Å². The molecule has 1 saturated heterocycles. The van der Waals surface area contributed by atoms with Gasteiger partial charge in [-0.05, 0) is 6.92 Å². The van der Waals surface area contributed by atoms with E-state index in [9.17, 15) is 9.59 Å². The van der Waals surface area contributed by atoms with Crippen molar-refractivity contribution in [3.05, 3.63) is 0 Å². The van der Waals surface area contributed by atoms with Gasteiger partial charge in [0.2, 0.25) is 5.91 Å². The van der Waals surface area contributed by atoms with Crippen molar-refractivity contribution in [3.8, 4) is 0 Å². The summed E-state index contributed by atoms with van der Waals surface area (Å²) in [6.45, 7) is 2.27. The predicted octanol–water partition coefficient (Wildman–Crippen LogP) is -1.43. The van der Waals surface area contributed by atoms with E-state index in [0.717, 1.165) is 0 Å². The summed E-state index contributed by atoms with van der Waals surface area (Å²) in [5.41, 5.74) is 0. The molecule has 5 nitrogen and oxygen atoms in total. The summed E-state index contributed by atoms with van der Waals surface area (Å²) in [6.07, 6.45) is -0.967. The maximum absolute atomic E-state index is 11.1. The maximum Gasteiger partial charge on any atom is 0.251 e. The maximum atomic E-state index is 11.1. The van der Waals surface area contributed by atoms with Crippen molar-refractivity contribution in [3.63, 3.8) is 0 Å². The summed E-state index contributed by atoms with van der Waals surface area (Å²) in [5.74, 6) is -0.456. The quantitative estimate of drug-likeness (QED) is 0.555. The Hall–Kier alpha value is -1.10. The van der Waals surface area contributed by atoms with Gasteiger partial charge in [0.25, 0.3) is 5.91 Å². The Labute approximate surface area is 76.7 Å². The van der Waals surface area contributed by atoms with Gasteiger partial charge in [-0.3, -0.25) is 9.59 Å². The second kappa shape index (κ2) is 3.74. The highest BCUT2D eigenvalue weighted by molar-refractivity contribution is 5.85. The highest BCUT2D eigenvalue weighted by atomic mass is 16.3. The van der Waals surface area contributed by atoms with Crippen LogP contribution in [0.2, 0.25) is 0 Å². The molecule has 5 heteroatoms. The van der Waals surface area contributed by atoms with Crippen molar-refractivity contribution in [2.45, 2.75) is 13.0 Å². The highest BCUT2D eigenvalue weighted by Crippen LogP contribution is 2.16. The van der Waals surface area contributed by atoms with E-state index in [1.807, 2.05) is 0 Å². The van der Waals surface area contributed by atoms with Crippen LogP contribution in [0.1, 0.15) is 6.92 Å². The van der Waals surface area contributed by atoms with Crippen LogP contribution in [0, 0.1) is 5.92 Å². The minimum absolute atomic E-state index is 0.0466. The molecule has 1 aliphatic heterocycles. The minimum atomic E-state index is -0.967. The van der Waals surface area contributed by atoms with Crippen molar-refractivity contribution < 1.29 is 14.7 Å². The van der Waals surface area contributed by atoms with Gasteiger partial charge in [0.1, 0.15) is 6.10 Å². The van der Waals surface area contributed by atoms with Crippen LogP contribution >= 0.6 is 0 Å². The lowest BCUT2D eigenvalue weighted by atomic mass is 9.98. The molecule has 0 aliphatic carbocycles. The van der Waals surface area contributed by atoms with Crippen LogP contribution in [-0.4, -0.2) is 48.1 Å². The Bertz CT molecular complexity index is 221. The van der Waals surface area contributed by atoms with Crippen molar-refractivity contribution in [1.29, 1.82) is 0 Å². The standard InChI is InChI=1S/C8H14N2O3/c1-5(11)8(13)10-3-6(4-10)7(12)9-2/h5-6,11H,3-4H2,1-2H3,(H,9,12)/t5-/m1/s1. The van der Waals surface area contributed by atoms with Crippen LogP contribution in [0.3, 0.4) is 0 Å². The molecule has 2 N–H and O–H groups in total. The van der Waals surface area contributed by atoms with Crippen LogP contribution < -0.4 is 5.32 Å². The SMILES string of the molecule is CNC(=O)C1CN(C(=O)[C@@H](C)O)C1. The van der Waals surface area contributed by atoms with Crippen LogP contribution in [-0.2, 0) is 9.59 Å². The molecule has 0 saturated carbocycles. The van der Waals surface area contributed by atoms with Crippen LogP contribution in [0.15, 0.2) is 0 Å². The molecule has 1 heterocycles. The number of aliphatic hydroxyl groups excluding tert-OH is 1. The first kappa shape index (κ1) is 9.98. The molecular weight excluding hydrogens is 172 g/mol. The van der Waals surface area contributed by atoms with E-state index in [1.54, 1.807) is 7.05 Å². The van der Waals surface area contributed by atoms with Crippen LogP contribution in [0.25, 0.3) is 0 Å². The predicted molar refractivity (Wildman–Crippen MR) is 45.8 cm³/mol. The summed E-state index contributed by atoms with van der Waals surface area (Å²) in [7, 11) is 1.57. The van der Waals surface area contributed by atoms with Crippen molar-refractivity contribution >= 4 is 11.8 Å². The number of rotatable bonds is 2. The topological polar surface area (TPSA) is 69.6 Å². The summed E-state index contributed by atoms with van der Waals surface area (Å²) < 4.78 is 0. The molecule has 13 heavy (non-hydrogen) atoms. The number of aliphatic hydroxyl groups is 1. The summed E-state index contributed by atoms with van der Waals surface area (Å²) >= 11 is 0. The molecule has 0 radical (unpaired) electrons. The molecule has 1 rings (SSSR count). The Morgan fingerprint density at radius 1 is 1.54 bits per heavy atom. The van der Waals surface area contributed by atoms with E-state index in [0.29, 0.717) is 13.1 Å². The largest absolute Gasteiger partial charge is 0.384 e. The van der Waals surface area contributed by atoms with Gasteiger partial charge >= 0.3 is 0 Å². The van der Waals surface area contributed by atoms with E-state index in [-0.39, 0.29) is 17.7 Å². The molecule has 0 bridgehead atoms. The van der Waals surface area contributed by atoms with E-state index >= 15 is 0 Å². The number of amides is 2. The second-order valence-corrected chi connectivity index (χ2v) is 3.23.